The van der Waals surface area contributed by atoms with E-state index < -0.39 is 0 Å². The number of hydrogen-bond donors (Lipinski definition) is 0. The van der Waals surface area contributed by atoms with E-state index in [1.807, 2.05) is 33.9 Å². The van der Waals surface area contributed by atoms with Crippen molar-refractivity contribution in [3.63, 3.8) is 0 Å². The van der Waals surface area contributed by atoms with E-state index in [0.717, 1.165) is 37.3 Å². The van der Waals surface area contributed by atoms with Crippen molar-refractivity contribution in [1.82, 2.24) is 19.5 Å². The maximum absolute atomic E-state index is 12.8. The number of fused-ring (bicyclic) bond motifs is 3. The lowest BCUT2D eigenvalue weighted by Crippen LogP contribution is -2.49. The largest absolute Gasteiger partial charge is 0.351 e. The number of halogens is 1. The Balaban J connectivity index is 1.38. The summed E-state index contributed by atoms with van der Waals surface area (Å²) < 4.78 is 1.99. The summed E-state index contributed by atoms with van der Waals surface area (Å²) in [5.41, 5.74) is 4.28. The maximum Gasteiger partial charge on any atom is 0.255 e. The van der Waals surface area contributed by atoms with Crippen LogP contribution in [-0.2, 0) is 12.8 Å². The fourth-order valence-corrected chi connectivity index (χ4v) is 4.52. The van der Waals surface area contributed by atoms with Crippen LogP contribution in [0.3, 0.4) is 0 Å². The molecule has 1 aliphatic heterocycles. The van der Waals surface area contributed by atoms with Gasteiger partial charge in [0.05, 0.1) is 16.3 Å². The van der Waals surface area contributed by atoms with Crippen LogP contribution >= 0.6 is 11.6 Å². The van der Waals surface area contributed by atoms with Gasteiger partial charge < -0.3 is 9.80 Å². The summed E-state index contributed by atoms with van der Waals surface area (Å²) in [5, 5.41) is 5.28. The second kappa shape index (κ2) is 7.09. The second-order valence-electron chi connectivity index (χ2n) is 7.44. The first-order valence-corrected chi connectivity index (χ1v) is 10.2. The molecule has 7 heteroatoms. The monoisotopic (exact) mass is 395 g/mol. The lowest BCUT2D eigenvalue weighted by Gasteiger charge is -2.35. The predicted molar refractivity (Wildman–Crippen MR) is 109 cm³/mol. The summed E-state index contributed by atoms with van der Waals surface area (Å²) in [6.45, 7) is 2.82. The molecule has 0 spiro atoms. The van der Waals surface area contributed by atoms with E-state index >= 15 is 0 Å². The molecular weight excluding hydrogens is 374 g/mol. The van der Waals surface area contributed by atoms with Crippen LogP contribution < -0.4 is 4.90 Å². The lowest BCUT2D eigenvalue weighted by molar-refractivity contribution is 0.0747. The third-order valence-electron chi connectivity index (χ3n) is 5.77. The van der Waals surface area contributed by atoms with Crippen LogP contribution in [0.25, 0.3) is 5.52 Å². The van der Waals surface area contributed by atoms with E-state index in [4.69, 9.17) is 21.7 Å². The minimum absolute atomic E-state index is 0.00171. The summed E-state index contributed by atoms with van der Waals surface area (Å²) in [4.78, 5) is 21.7. The minimum atomic E-state index is -0.00171. The first-order valence-electron chi connectivity index (χ1n) is 9.86. The molecule has 0 saturated carbocycles. The second-order valence-corrected chi connectivity index (χ2v) is 7.84. The zero-order chi connectivity index (χ0) is 19.1. The van der Waals surface area contributed by atoms with Crippen molar-refractivity contribution in [3.05, 3.63) is 58.5 Å². The number of aromatic nitrogens is 3. The Labute approximate surface area is 168 Å². The normalized spacial score (nSPS) is 17.0. The highest BCUT2D eigenvalue weighted by molar-refractivity contribution is 6.33. The number of aryl methyl sites for hydroxylation is 2. The summed E-state index contributed by atoms with van der Waals surface area (Å²) in [7, 11) is 0. The van der Waals surface area contributed by atoms with Crippen LogP contribution in [0.1, 0.15) is 34.5 Å². The Morgan fingerprint density at radius 3 is 2.64 bits per heavy atom. The van der Waals surface area contributed by atoms with Gasteiger partial charge in [0.15, 0.2) is 5.82 Å². The molecule has 2 aliphatic rings. The molecule has 1 fully saturated rings. The molecule has 144 valence electrons. The van der Waals surface area contributed by atoms with Gasteiger partial charge in [-0.2, -0.15) is 5.10 Å². The maximum atomic E-state index is 12.8. The molecule has 3 aromatic rings. The number of piperazine rings is 1. The van der Waals surface area contributed by atoms with E-state index in [9.17, 15) is 4.79 Å². The van der Waals surface area contributed by atoms with Gasteiger partial charge >= 0.3 is 0 Å². The first-order chi connectivity index (χ1) is 13.7. The molecule has 0 atom stereocenters. The molecule has 0 radical (unpaired) electrons. The molecule has 5 rings (SSSR count). The van der Waals surface area contributed by atoms with Crippen molar-refractivity contribution in [3.8, 4) is 0 Å². The molecular formula is C21H22ClN5O. The highest BCUT2D eigenvalue weighted by atomic mass is 35.5. The molecule has 1 amide bonds. The van der Waals surface area contributed by atoms with Crippen LogP contribution in [0.2, 0.25) is 5.02 Å². The third-order valence-corrected chi connectivity index (χ3v) is 6.10. The first kappa shape index (κ1) is 17.5. The SMILES string of the molecule is O=C(c1ccccc1Cl)N1CCN(c2nccn3nc4c(c23)CCCC4)CC1. The van der Waals surface area contributed by atoms with Crippen molar-refractivity contribution in [2.75, 3.05) is 31.1 Å². The molecule has 0 bridgehead atoms. The summed E-state index contributed by atoms with van der Waals surface area (Å²) in [5.74, 6) is 0.987. The predicted octanol–water partition coefficient (Wildman–Crippen LogP) is 3.22. The summed E-state index contributed by atoms with van der Waals surface area (Å²) in [6.07, 6.45) is 8.31. The number of carbonyl (C=O) groups excluding carboxylic acids is 1. The molecule has 2 aromatic heterocycles. The van der Waals surface area contributed by atoms with Crippen LogP contribution in [-0.4, -0.2) is 51.6 Å². The van der Waals surface area contributed by atoms with Gasteiger partial charge in [0.2, 0.25) is 0 Å². The topological polar surface area (TPSA) is 53.7 Å². The van der Waals surface area contributed by atoms with E-state index in [1.54, 1.807) is 12.1 Å². The molecule has 6 nitrogen and oxygen atoms in total. The van der Waals surface area contributed by atoms with Gasteiger partial charge in [0.25, 0.3) is 5.91 Å². The quantitative estimate of drug-likeness (QED) is 0.668. The third kappa shape index (κ3) is 2.92. The highest BCUT2D eigenvalue weighted by Crippen LogP contribution is 2.30. The van der Waals surface area contributed by atoms with Crippen molar-refractivity contribution in [2.45, 2.75) is 25.7 Å². The highest BCUT2D eigenvalue weighted by Gasteiger charge is 2.27. The van der Waals surface area contributed by atoms with Crippen molar-refractivity contribution >= 4 is 28.8 Å². The number of nitrogens with zero attached hydrogens (tertiary/aromatic N) is 5. The molecule has 0 N–H and O–H groups in total. The Morgan fingerprint density at radius 1 is 1.04 bits per heavy atom. The number of rotatable bonds is 2. The summed E-state index contributed by atoms with van der Waals surface area (Å²) >= 11 is 6.21. The number of carbonyl (C=O) groups is 1. The smallest absolute Gasteiger partial charge is 0.255 e. The van der Waals surface area contributed by atoms with Crippen molar-refractivity contribution < 1.29 is 4.79 Å². The Morgan fingerprint density at radius 2 is 1.82 bits per heavy atom. The minimum Gasteiger partial charge on any atom is -0.351 e. The van der Waals surface area contributed by atoms with E-state index in [-0.39, 0.29) is 5.91 Å². The Hall–Kier alpha value is -2.60. The lowest BCUT2D eigenvalue weighted by atomic mass is 9.97. The van der Waals surface area contributed by atoms with Crippen LogP contribution in [0, 0.1) is 0 Å². The number of amides is 1. The van der Waals surface area contributed by atoms with Crippen molar-refractivity contribution in [1.29, 1.82) is 0 Å². The number of benzene rings is 1. The number of hydrogen-bond acceptors (Lipinski definition) is 4. The van der Waals surface area contributed by atoms with E-state index in [0.29, 0.717) is 23.7 Å². The van der Waals surface area contributed by atoms with E-state index in [1.165, 1.54) is 24.1 Å². The Bertz CT molecular complexity index is 1040. The van der Waals surface area contributed by atoms with Crippen LogP contribution in [0.5, 0.6) is 0 Å². The van der Waals surface area contributed by atoms with Gasteiger partial charge in [-0.15, -0.1) is 0 Å². The Kier molecular flexibility index (Phi) is 4.43. The molecule has 28 heavy (non-hydrogen) atoms. The standard InChI is InChI=1S/C21H22ClN5O/c22-17-7-3-1-5-15(17)21(28)26-13-11-25(12-14-26)20-19-16-6-2-4-8-18(16)24-27(19)10-9-23-20/h1,3,5,7,9-10H,2,4,6,8,11-14H2. The average molecular weight is 396 g/mol. The molecule has 1 aliphatic carbocycles. The van der Waals surface area contributed by atoms with Gasteiger partial charge in [-0.3, -0.25) is 4.79 Å². The average Bonchev–Trinajstić information content (AvgIpc) is 3.12. The van der Waals surface area contributed by atoms with Gasteiger partial charge in [-0.25, -0.2) is 9.50 Å². The fourth-order valence-electron chi connectivity index (χ4n) is 4.30. The van der Waals surface area contributed by atoms with Gasteiger partial charge in [-0.1, -0.05) is 23.7 Å². The van der Waals surface area contributed by atoms with Crippen LogP contribution in [0.4, 0.5) is 5.82 Å². The fraction of sp³-hybridized carbons (Fsp3) is 0.381. The van der Waals surface area contributed by atoms with E-state index in [2.05, 4.69) is 4.90 Å². The van der Waals surface area contributed by atoms with Crippen molar-refractivity contribution in [2.24, 2.45) is 0 Å². The molecule has 1 aromatic carbocycles. The molecule has 3 heterocycles. The van der Waals surface area contributed by atoms with Gasteiger partial charge in [0.1, 0.15) is 5.52 Å². The molecule has 1 saturated heterocycles. The van der Waals surface area contributed by atoms with Gasteiger partial charge in [0, 0.05) is 44.1 Å². The summed E-state index contributed by atoms with van der Waals surface area (Å²) in [6, 6.07) is 7.24. The van der Waals surface area contributed by atoms with Gasteiger partial charge in [-0.05, 0) is 37.8 Å². The zero-order valence-corrected chi connectivity index (χ0v) is 16.4. The molecule has 0 unspecified atom stereocenters. The zero-order valence-electron chi connectivity index (χ0n) is 15.6. The van der Waals surface area contributed by atoms with Crippen LogP contribution in [0.15, 0.2) is 36.7 Å². The number of anilines is 1.